The Labute approximate surface area is 207 Å². The molecule has 12 heteroatoms. The number of aliphatic hydroxyl groups is 1. The molecule has 1 saturated heterocycles. The minimum absolute atomic E-state index is 0.0899. The highest BCUT2D eigenvalue weighted by atomic mass is 16.3. The van der Waals surface area contributed by atoms with Gasteiger partial charge in [-0.2, -0.15) is 0 Å². The van der Waals surface area contributed by atoms with Crippen molar-refractivity contribution in [2.24, 2.45) is 0 Å². The number of amides is 1. The van der Waals surface area contributed by atoms with Gasteiger partial charge >= 0.3 is 0 Å². The monoisotopic (exact) mass is 488 g/mol. The molecule has 1 fully saturated rings. The summed E-state index contributed by atoms with van der Waals surface area (Å²) in [6.07, 6.45) is 7.28. The van der Waals surface area contributed by atoms with Crippen LogP contribution in [-0.2, 0) is 11.3 Å². The lowest BCUT2D eigenvalue weighted by Gasteiger charge is -2.24. The topological polar surface area (TPSA) is 147 Å². The van der Waals surface area contributed by atoms with Crippen LogP contribution in [0.1, 0.15) is 19.2 Å². The maximum Gasteiger partial charge on any atom is 0.242 e. The molecule has 0 bridgehead atoms. The SMILES string of the molecule is CCn1c(-c2cnc(C)nc2)nc2c(N[C@H]3C[C@H](C(=O)NCCO)N(c4ccccn4)C3)ncnc21. The molecular weight excluding hydrogens is 460 g/mol. The molecule has 2 atom stereocenters. The summed E-state index contributed by atoms with van der Waals surface area (Å²) in [5, 5.41) is 15.4. The Kier molecular flexibility index (Phi) is 6.67. The lowest BCUT2D eigenvalue weighted by atomic mass is 10.1. The molecule has 0 unspecified atom stereocenters. The third-order valence-corrected chi connectivity index (χ3v) is 6.19. The summed E-state index contributed by atoms with van der Waals surface area (Å²) in [5.74, 6) is 2.58. The first-order valence-corrected chi connectivity index (χ1v) is 11.9. The largest absolute Gasteiger partial charge is 0.395 e. The van der Waals surface area contributed by atoms with Gasteiger partial charge in [-0.05, 0) is 32.4 Å². The van der Waals surface area contributed by atoms with Crippen LogP contribution in [0.4, 0.5) is 11.6 Å². The average molecular weight is 489 g/mol. The van der Waals surface area contributed by atoms with Crippen LogP contribution in [0.5, 0.6) is 0 Å². The summed E-state index contributed by atoms with van der Waals surface area (Å²) in [6.45, 7) is 5.18. The van der Waals surface area contributed by atoms with Gasteiger partial charge in [-0.15, -0.1) is 0 Å². The van der Waals surface area contributed by atoms with Crippen molar-refractivity contribution in [1.82, 2.24) is 39.8 Å². The summed E-state index contributed by atoms with van der Waals surface area (Å²) in [4.78, 5) is 41.8. The van der Waals surface area contributed by atoms with Gasteiger partial charge < -0.3 is 25.2 Å². The lowest BCUT2D eigenvalue weighted by Crippen LogP contribution is -2.44. The number of fused-ring (bicyclic) bond motifs is 1. The summed E-state index contributed by atoms with van der Waals surface area (Å²) < 4.78 is 2.01. The molecule has 36 heavy (non-hydrogen) atoms. The van der Waals surface area contributed by atoms with E-state index in [-0.39, 0.29) is 25.1 Å². The number of rotatable bonds is 8. The van der Waals surface area contributed by atoms with Crippen LogP contribution < -0.4 is 15.5 Å². The maximum atomic E-state index is 12.9. The number of hydrogen-bond acceptors (Lipinski definition) is 10. The minimum atomic E-state index is -0.435. The molecule has 1 aliphatic rings. The molecule has 1 aliphatic heterocycles. The molecular formula is C24H28N10O2. The Hall–Kier alpha value is -4.19. The molecule has 0 aliphatic carbocycles. The zero-order valence-corrected chi connectivity index (χ0v) is 20.2. The Morgan fingerprint density at radius 1 is 1.17 bits per heavy atom. The van der Waals surface area contributed by atoms with Crippen LogP contribution in [0.2, 0.25) is 0 Å². The number of nitrogens with zero attached hydrogens (tertiary/aromatic N) is 8. The normalized spacial score (nSPS) is 17.5. The third-order valence-electron chi connectivity index (χ3n) is 6.19. The molecule has 0 saturated carbocycles. The molecule has 12 nitrogen and oxygen atoms in total. The molecule has 4 aromatic rings. The number of aryl methyl sites for hydroxylation is 2. The van der Waals surface area contributed by atoms with Crippen molar-refractivity contribution in [1.29, 1.82) is 0 Å². The highest BCUT2D eigenvalue weighted by Crippen LogP contribution is 2.30. The summed E-state index contributed by atoms with van der Waals surface area (Å²) in [5.41, 5.74) is 2.16. The van der Waals surface area contributed by atoms with E-state index in [1.54, 1.807) is 18.6 Å². The number of hydrogen-bond donors (Lipinski definition) is 3. The van der Waals surface area contributed by atoms with Crippen molar-refractivity contribution in [3.63, 3.8) is 0 Å². The van der Waals surface area contributed by atoms with E-state index in [2.05, 4.69) is 35.6 Å². The number of nitrogens with one attached hydrogen (secondary N) is 2. The van der Waals surface area contributed by atoms with E-state index in [0.717, 1.165) is 17.2 Å². The van der Waals surface area contributed by atoms with E-state index < -0.39 is 6.04 Å². The molecule has 5 heterocycles. The molecule has 0 radical (unpaired) electrons. The van der Waals surface area contributed by atoms with Gasteiger partial charge in [-0.3, -0.25) is 4.79 Å². The standard InChI is InChI=1S/C24H28N10O2/c1-3-33-22(16-11-27-15(2)28-12-16)32-20-21(29-14-30-23(20)33)31-17-10-18(24(36)26-8-9-35)34(13-17)19-6-4-5-7-25-19/h4-7,11-12,14,17-18,35H,3,8-10,13H2,1-2H3,(H,26,36)(H,29,30,31)/t17-,18+/m0/s1. The lowest BCUT2D eigenvalue weighted by molar-refractivity contribution is -0.122. The zero-order chi connectivity index (χ0) is 25.1. The van der Waals surface area contributed by atoms with Gasteiger partial charge in [0.05, 0.1) is 12.2 Å². The first kappa shape index (κ1) is 23.5. The number of pyridine rings is 1. The average Bonchev–Trinajstić information content (AvgIpc) is 3.50. The summed E-state index contributed by atoms with van der Waals surface area (Å²) in [7, 11) is 0. The zero-order valence-electron chi connectivity index (χ0n) is 20.2. The minimum Gasteiger partial charge on any atom is -0.395 e. The summed E-state index contributed by atoms with van der Waals surface area (Å²) in [6, 6.07) is 5.10. The van der Waals surface area contributed by atoms with E-state index >= 15 is 0 Å². The number of aromatic nitrogens is 7. The number of aliphatic hydroxyl groups excluding tert-OH is 1. The Morgan fingerprint density at radius 3 is 2.72 bits per heavy atom. The molecule has 186 valence electrons. The van der Waals surface area contributed by atoms with E-state index in [9.17, 15) is 4.79 Å². The van der Waals surface area contributed by atoms with Gasteiger partial charge in [-0.1, -0.05) is 6.07 Å². The van der Waals surface area contributed by atoms with Crippen molar-refractivity contribution in [2.45, 2.75) is 38.9 Å². The number of anilines is 2. The van der Waals surface area contributed by atoms with Crippen molar-refractivity contribution in [2.75, 3.05) is 29.9 Å². The second-order valence-corrected chi connectivity index (χ2v) is 8.54. The second-order valence-electron chi connectivity index (χ2n) is 8.54. The number of carbonyl (C=O) groups excluding carboxylic acids is 1. The van der Waals surface area contributed by atoms with E-state index in [4.69, 9.17) is 10.1 Å². The van der Waals surface area contributed by atoms with Crippen LogP contribution in [0.25, 0.3) is 22.6 Å². The number of carbonyl (C=O) groups is 1. The van der Waals surface area contributed by atoms with Gasteiger partial charge in [0.15, 0.2) is 17.0 Å². The fourth-order valence-corrected chi connectivity index (χ4v) is 4.53. The van der Waals surface area contributed by atoms with E-state index in [1.165, 1.54) is 6.33 Å². The van der Waals surface area contributed by atoms with Crippen LogP contribution in [-0.4, -0.2) is 77.3 Å². The predicted octanol–water partition coefficient (Wildman–Crippen LogP) is 1.17. The Balaban J connectivity index is 1.45. The Morgan fingerprint density at radius 2 is 2.00 bits per heavy atom. The molecule has 1 amide bonds. The first-order valence-electron chi connectivity index (χ1n) is 11.9. The van der Waals surface area contributed by atoms with Crippen molar-refractivity contribution in [3.05, 3.63) is 48.9 Å². The van der Waals surface area contributed by atoms with Gasteiger partial charge in [-0.25, -0.2) is 29.9 Å². The third kappa shape index (κ3) is 4.54. The first-order chi connectivity index (χ1) is 17.6. The molecule has 3 N–H and O–H groups in total. The maximum absolute atomic E-state index is 12.9. The molecule has 0 aromatic carbocycles. The van der Waals surface area contributed by atoms with Gasteiger partial charge in [0.1, 0.15) is 29.8 Å². The fraction of sp³-hybridized carbons (Fsp3) is 0.375. The van der Waals surface area contributed by atoms with E-state index in [1.807, 2.05) is 41.5 Å². The van der Waals surface area contributed by atoms with Crippen LogP contribution in [0.3, 0.4) is 0 Å². The highest BCUT2D eigenvalue weighted by Gasteiger charge is 2.38. The van der Waals surface area contributed by atoms with Gasteiger partial charge in [0, 0.05) is 44.3 Å². The van der Waals surface area contributed by atoms with Crippen LogP contribution in [0, 0.1) is 6.92 Å². The number of imidazole rings is 1. The molecule has 4 aromatic heterocycles. The van der Waals surface area contributed by atoms with Gasteiger partial charge in [0.2, 0.25) is 5.91 Å². The van der Waals surface area contributed by atoms with Crippen LogP contribution >= 0.6 is 0 Å². The second kappa shape index (κ2) is 10.2. The van der Waals surface area contributed by atoms with Gasteiger partial charge in [0.25, 0.3) is 0 Å². The molecule has 5 rings (SSSR count). The van der Waals surface area contributed by atoms with Crippen LogP contribution in [0.15, 0.2) is 43.1 Å². The van der Waals surface area contributed by atoms with Crippen molar-refractivity contribution < 1.29 is 9.90 Å². The fourth-order valence-electron chi connectivity index (χ4n) is 4.53. The summed E-state index contributed by atoms with van der Waals surface area (Å²) >= 11 is 0. The quantitative estimate of drug-likeness (QED) is 0.330. The van der Waals surface area contributed by atoms with E-state index in [0.29, 0.717) is 42.3 Å². The van der Waals surface area contributed by atoms with Crippen molar-refractivity contribution >= 4 is 28.7 Å². The Bertz CT molecular complexity index is 1340. The predicted molar refractivity (Wildman–Crippen MR) is 134 cm³/mol. The molecule has 0 spiro atoms. The van der Waals surface area contributed by atoms with Crippen molar-refractivity contribution in [3.8, 4) is 11.4 Å². The smallest absolute Gasteiger partial charge is 0.242 e. The highest BCUT2D eigenvalue weighted by molar-refractivity contribution is 5.88.